The normalized spacial score (nSPS) is 15.3. The van der Waals surface area contributed by atoms with Crippen molar-refractivity contribution in [3.63, 3.8) is 0 Å². The number of fused-ring (bicyclic) bond motifs is 1. The van der Waals surface area contributed by atoms with Gasteiger partial charge >= 0.3 is 0 Å². The van der Waals surface area contributed by atoms with E-state index in [9.17, 15) is 0 Å². The smallest absolute Gasteiger partial charge is 0.227 e. The van der Waals surface area contributed by atoms with Crippen LogP contribution in [-0.2, 0) is 0 Å². The third-order valence-corrected chi connectivity index (χ3v) is 5.64. The molecule has 1 aliphatic rings. The summed E-state index contributed by atoms with van der Waals surface area (Å²) < 4.78 is 7.13. The lowest BCUT2D eigenvalue weighted by molar-refractivity contribution is 0.415. The topological polar surface area (TPSA) is 52.0 Å². The predicted octanol–water partition coefficient (Wildman–Crippen LogP) is 7.66. The van der Waals surface area contributed by atoms with Crippen LogP contribution >= 0.6 is 23.2 Å². The van der Waals surface area contributed by atoms with Gasteiger partial charge in [0.2, 0.25) is 5.95 Å². The van der Waals surface area contributed by atoms with Crippen LogP contribution in [0, 0.1) is 0 Å². The molecule has 2 aromatic carbocycles. The van der Waals surface area contributed by atoms with Crippen LogP contribution in [0.2, 0.25) is 10.0 Å². The first-order valence-electron chi connectivity index (χ1n) is 10.9. The lowest BCUT2D eigenvalue weighted by Gasteiger charge is -2.25. The molecule has 33 heavy (non-hydrogen) atoms. The van der Waals surface area contributed by atoms with Gasteiger partial charge in [0, 0.05) is 26.9 Å². The van der Waals surface area contributed by atoms with E-state index in [1.54, 1.807) is 19.2 Å². The van der Waals surface area contributed by atoms with E-state index >= 15 is 0 Å². The molecule has 1 unspecified atom stereocenters. The fourth-order valence-corrected chi connectivity index (χ4v) is 3.91. The summed E-state index contributed by atoms with van der Waals surface area (Å²) in [7, 11) is 1.65. The van der Waals surface area contributed by atoms with Gasteiger partial charge in [-0.3, -0.25) is 0 Å². The van der Waals surface area contributed by atoms with Crippen LogP contribution in [0.25, 0.3) is 11.3 Å². The second-order valence-electron chi connectivity index (χ2n) is 6.99. The van der Waals surface area contributed by atoms with Gasteiger partial charge in [-0.05, 0) is 68.0 Å². The highest BCUT2D eigenvalue weighted by Crippen LogP contribution is 2.37. The SMILES string of the molecule is C/C=C\C(=C/C)c1nc2n(n1)C(c1cc(Cl)ccc1Cl)C=C(c1ccc(OC)cc1)N2.CC. The van der Waals surface area contributed by atoms with Crippen molar-refractivity contribution in [2.75, 3.05) is 12.4 Å². The second kappa shape index (κ2) is 11.2. The van der Waals surface area contributed by atoms with Gasteiger partial charge < -0.3 is 10.1 Å². The van der Waals surface area contributed by atoms with Gasteiger partial charge in [0.25, 0.3) is 0 Å². The molecule has 0 radical (unpaired) electrons. The summed E-state index contributed by atoms with van der Waals surface area (Å²) in [6.45, 7) is 7.94. The number of nitrogens with one attached hydrogen (secondary N) is 1. The highest BCUT2D eigenvalue weighted by Gasteiger charge is 2.27. The van der Waals surface area contributed by atoms with Crippen LogP contribution in [0.4, 0.5) is 5.95 Å². The summed E-state index contributed by atoms with van der Waals surface area (Å²) in [5.41, 5.74) is 3.70. The minimum Gasteiger partial charge on any atom is -0.497 e. The molecule has 7 heteroatoms. The zero-order chi connectivity index (χ0) is 24.0. The van der Waals surface area contributed by atoms with Crippen LogP contribution in [0.3, 0.4) is 0 Å². The average molecular weight is 483 g/mol. The number of methoxy groups -OCH3 is 1. The van der Waals surface area contributed by atoms with Crippen LogP contribution in [0.15, 0.2) is 66.8 Å². The maximum Gasteiger partial charge on any atom is 0.227 e. The number of hydrogen-bond acceptors (Lipinski definition) is 4. The molecule has 0 saturated carbocycles. The molecule has 1 aromatic heterocycles. The summed E-state index contributed by atoms with van der Waals surface area (Å²) in [4.78, 5) is 4.76. The Kier molecular flexibility index (Phi) is 8.37. The fourth-order valence-electron chi connectivity index (χ4n) is 3.50. The summed E-state index contributed by atoms with van der Waals surface area (Å²) >= 11 is 12.9. The number of ether oxygens (including phenoxy) is 1. The Bertz CT molecular complexity index is 1190. The van der Waals surface area contributed by atoms with Crippen molar-refractivity contribution in [3.05, 3.63) is 93.8 Å². The average Bonchev–Trinajstić information content (AvgIpc) is 3.28. The van der Waals surface area contributed by atoms with Gasteiger partial charge in [0.1, 0.15) is 11.8 Å². The number of hydrogen-bond donors (Lipinski definition) is 1. The molecule has 1 aliphatic heterocycles. The first-order chi connectivity index (χ1) is 16.0. The number of anilines is 1. The van der Waals surface area contributed by atoms with Crippen molar-refractivity contribution in [2.45, 2.75) is 33.7 Å². The van der Waals surface area contributed by atoms with Crippen molar-refractivity contribution < 1.29 is 4.74 Å². The van der Waals surface area contributed by atoms with E-state index in [0.29, 0.717) is 21.8 Å². The zero-order valence-electron chi connectivity index (χ0n) is 19.4. The van der Waals surface area contributed by atoms with Crippen molar-refractivity contribution in [1.82, 2.24) is 14.8 Å². The highest BCUT2D eigenvalue weighted by atomic mass is 35.5. The van der Waals surface area contributed by atoms with Crippen LogP contribution in [0.1, 0.15) is 50.7 Å². The van der Waals surface area contributed by atoms with Gasteiger partial charge in [-0.2, -0.15) is 4.98 Å². The molecular formula is C26H28Cl2N4O. The minimum atomic E-state index is -0.274. The molecule has 3 aromatic rings. The van der Waals surface area contributed by atoms with E-state index in [1.165, 1.54) is 0 Å². The Balaban J connectivity index is 0.00000149. The van der Waals surface area contributed by atoms with E-state index in [4.69, 9.17) is 38.0 Å². The van der Waals surface area contributed by atoms with Crippen LogP contribution in [-0.4, -0.2) is 21.9 Å². The molecule has 1 atom stereocenters. The van der Waals surface area contributed by atoms with Crippen molar-refractivity contribution >= 4 is 40.4 Å². The first-order valence-corrected chi connectivity index (χ1v) is 11.6. The molecule has 0 amide bonds. The molecular weight excluding hydrogens is 455 g/mol. The Morgan fingerprint density at radius 1 is 1.09 bits per heavy atom. The molecule has 0 saturated heterocycles. The quantitative estimate of drug-likeness (QED) is 0.379. The molecule has 2 heterocycles. The largest absolute Gasteiger partial charge is 0.497 e. The van der Waals surface area contributed by atoms with Gasteiger partial charge in [-0.1, -0.05) is 55.3 Å². The van der Waals surface area contributed by atoms with Crippen LogP contribution < -0.4 is 10.1 Å². The van der Waals surface area contributed by atoms with E-state index < -0.39 is 0 Å². The standard InChI is InChI=1S/C24H22Cl2N4O.C2H6/c1-4-6-15(5-2)23-28-24-27-21(16-7-10-18(31-3)11-8-16)14-22(30(24)29-23)19-13-17(25)9-12-20(19)26;1-2/h4-14,22H,1-3H3,(H,27,28,29);1-2H3/b6-4-,15-5+;. The van der Waals surface area contributed by atoms with Gasteiger partial charge in [0.15, 0.2) is 5.82 Å². The molecule has 172 valence electrons. The van der Waals surface area contributed by atoms with E-state index in [0.717, 1.165) is 28.1 Å². The molecule has 0 aliphatic carbocycles. The van der Waals surface area contributed by atoms with Gasteiger partial charge in [-0.25, -0.2) is 4.68 Å². The van der Waals surface area contributed by atoms with Crippen molar-refractivity contribution in [3.8, 4) is 5.75 Å². The summed E-state index contributed by atoms with van der Waals surface area (Å²) in [6, 6.07) is 13.0. The maximum absolute atomic E-state index is 6.57. The molecule has 5 nitrogen and oxygen atoms in total. The number of nitrogens with zero attached hydrogens (tertiary/aromatic N) is 3. The Morgan fingerprint density at radius 3 is 2.45 bits per heavy atom. The van der Waals surface area contributed by atoms with E-state index in [2.05, 4.69) is 11.4 Å². The zero-order valence-corrected chi connectivity index (χ0v) is 20.9. The molecule has 4 rings (SSSR count). The number of allylic oxidation sites excluding steroid dienone is 5. The van der Waals surface area contributed by atoms with Crippen LogP contribution in [0.5, 0.6) is 5.75 Å². The summed E-state index contributed by atoms with van der Waals surface area (Å²) in [6.07, 6.45) is 8.02. The second-order valence-corrected chi connectivity index (χ2v) is 7.84. The summed E-state index contributed by atoms with van der Waals surface area (Å²) in [5, 5.41) is 9.42. The molecule has 0 spiro atoms. The van der Waals surface area contributed by atoms with Gasteiger partial charge in [-0.15, -0.1) is 5.10 Å². The molecule has 0 bridgehead atoms. The highest BCUT2D eigenvalue weighted by molar-refractivity contribution is 6.33. The Morgan fingerprint density at radius 2 is 1.82 bits per heavy atom. The third kappa shape index (κ3) is 5.32. The summed E-state index contributed by atoms with van der Waals surface area (Å²) in [5.74, 6) is 2.06. The number of benzene rings is 2. The molecule has 1 N–H and O–H groups in total. The number of rotatable bonds is 5. The van der Waals surface area contributed by atoms with Gasteiger partial charge in [0.05, 0.1) is 7.11 Å². The number of halogens is 2. The maximum atomic E-state index is 6.57. The predicted molar refractivity (Wildman–Crippen MR) is 139 cm³/mol. The third-order valence-electron chi connectivity index (χ3n) is 5.06. The van der Waals surface area contributed by atoms with Crippen molar-refractivity contribution in [2.24, 2.45) is 0 Å². The van der Waals surface area contributed by atoms with E-state index in [-0.39, 0.29) is 6.04 Å². The van der Waals surface area contributed by atoms with E-state index in [1.807, 2.05) is 80.9 Å². The number of aromatic nitrogens is 3. The Labute approximate surface area is 205 Å². The minimum absolute atomic E-state index is 0.274. The van der Waals surface area contributed by atoms with Crippen molar-refractivity contribution in [1.29, 1.82) is 0 Å². The lowest BCUT2D eigenvalue weighted by Crippen LogP contribution is -2.20. The first kappa shape index (κ1) is 24.6. The molecule has 0 fully saturated rings. The Hall–Kier alpha value is -3.02. The fraction of sp³-hybridized carbons (Fsp3) is 0.231. The lowest BCUT2D eigenvalue weighted by atomic mass is 10.0. The monoisotopic (exact) mass is 482 g/mol.